The maximum absolute atomic E-state index is 12.5. The number of hydrogen-bond acceptors (Lipinski definition) is 6. The summed E-state index contributed by atoms with van der Waals surface area (Å²) < 4.78 is 15.1. The molecule has 0 aliphatic carbocycles. The van der Waals surface area contributed by atoms with E-state index in [2.05, 4.69) is 10.1 Å². The number of benzene rings is 2. The van der Waals surface area contributed by atoms with E-state index < -0.39 is 17.8 Å². The first-order chi connectivity index (χ1) is 13.8. The number of ether oxygens (including phenoxy) is 3. The van der Waals surface area contributed by atoms with Crippen LogP contribution in [0.25, 0.3) is 0 Å². The minimum atomic E-state index is -0.640. The maximum atomic E-state index is 12.5. The van der Waals surface area contributed by atoms with E-state index in [4.69, 9.17) is 9.47 Å². The molecule has 0 heterocycles. The maximum Gasteiger partial charge on any atom is 0.339 e. The lowest BCUT2D eigenvalue weighted by atomic mass is 10.0. The molecule has 0 spiro atoms. The predicted molar refractivity (Wildman–Crippen MR) is 109 cm³/mol. The Balaban J connectivity index is 2.21. The Morgan fingerprint density at radius 1 is 0.966 bits per heavy atom. The summed E-state index contributed by atoms with van der Waals surface area (Å²) >= 11 is 0. The van der Waals surface area contributed by atoms with Crippen molar-refractivity contribution in [2.75, 3.05) is 26.1 Å². The van der Waals surface area contributed by atoms with Gasteiger partial charge in [-0.2, -0.15) is 0 Å². The third-order valence-corrected chi connectivity index (χ3v) is 4.27. The lowest BCUT2D eigenvalue weighted by Gasteiger charge is -2.15. The lowest BCUT2D eigenvalue weighted by Crippen LogP contribution is -2.22. The second-order valence-electron chi connectivity index (χ2n) is 6.78. The molecule has 1 N–H and O–H groups in total. The van der Waals surface area contributed by atoms with Gasteiger partial charge in [0.05, 0.1) is 31.0 Å². The van der Waals surface area contributed by atoms with Gasteiger partial charge < -0.3 is 19.5 Å². The molecule has 29 heavy (non-hydrogen) atoms. The Morgan fingerprint density at radius 2 is 1.66 bits per heavy atom. The highest BCUT2D eigenvalue weighted by atomic mass is 16.5. The molecule has 2 rings (SSSR count). The molecule has 0 aliphatic rings. The largest absolute Gasteiger partial charge is 0.483 e. The van der Waals surface area contributed by atoms with Crippen LogP contribution in [0, 0.1) is 6.92 Å². The average Bonchev–Trinajstić information content (AvgIpc) is 2.70. The van der Waals surface area contributed by atoms with Crippen LogP contribution in [0.4, 0.5) is 5.69 Å². The van der Waals surface area contributed by atoms with E-state index in [1.807, 2.05) is 39.0 Å². The SMILES string of the molecule is COC(=O)c1ccc(C(=O)OC)c(NC(=O)COc2cc(C)ccc2C(C)C)c1. The van der Waals surface area contributed by atoms with Crippen LogP contribution in [0.1, 0.15) is 51.6 Å². The average molecular weight is 399 g/mol. The number of nitrogens with one attached hydrogen (secondary N) is 1. The Labute approximate surface area is 170 Å². The number of anilines is 1. The molecule has 0 radical (unpaired) electrons. The highest BCUT2D eigenvalue weighted by Gasteiger charge is 2.18. The van der Waals surface area contributed by atoms with Gasteiger partial charge in [-0.05, 0) is 48.2 Å². The third-order valence-electron chi connectivity index (χ3n) is 4.27. The smallest absolute Gasteiger partial charge is 0.339 e. The van der Waals surface area contributed by atoms with Crippen LogP contribution in [0.15, 0.2) is 36.4 Å². The van der Waals surface area contributed by atoms with Crippen molar-refractivity contribution in [1.29, 1.82) is 0 Å². The van der Waals surface area contributed by atoms with Crippen LogP contribution in [0.2, 0.25) is 0 Å². The zero-order valence-electron chi connectivity index (χ0n) is 17.2. The summed E-state index contributed by atoms with van der Waals surface area (Å²) in [5, 5.41) is 2.61. The summed E-state index contributed by atoms with van der Waals surface area (Å²) in [6.07, 6.45) is 0. The first kappa shape index (κ1) is 21.9. The van der Waals surface area contributed by atoms with Gasteiger partial charge >= 0.3 is 11.9 Å². The molecule has 154 valence electrons. The third kappa shape index (κ3) is 5.57. The van der Waals surface area contributed by atoms with E-state index in [0.717, 1.165) is 11.1 Å². The van der Waals surface area contributed by atoms with E-state index in [1.165, 1.54) is 32.4 Å². The van der Waals surface area contributed by atoms with E-state index in [0.29, 0.717) is 5.75 Å². The summed E-state index contributed by atoms with van der Waals surface area (Å²) in [6, 6.07) is 10.0. The molecule has 0 aromatic heterocycles. The zero-order valence-corrected chi connectivity index (χ0v) is 17.2. The molecule has 0 bridgehead atoms. The van der Waals surface area contributed by atoms with Crippen LogP contribution >= 0.6 is 0 Å². The molecular formula is C22H25NO6. The monoisotopic (exact) mass is 399 g/mol. The predicted octanol–water partition coefficient (Wildman–Crippen LogP) is 3.71. The molecule has 0 saturated carbocycles. The number of hydrogen-bond donors (Lipinski definition) is 1. The fourth-order valence-electron chi connectivity index (χ4n) is 2.75. The second-order valence-corrected chi connectivity index (χ2v) is 6.78. The molecule has 0 atom stereocenters. The summed E-state index contributed by atoms with van der Waals surface area (Å²) in [7, 11) is 2.48. The van der Waals surface area contributed by atoms with Crippen molar-refractivity contribution in [2.45, 2.75) is 26.7 Å². The minimum absolute atomic E-state index is 0.118. The summed E-state index contributed by atoms with van der Waals surface area (Å²) in [4.78, 5) is 36.2. The molecule has 2 aromatic rings. The molecule has 7 heteroatoms. The van der Waals surface area contributed by atoms with Crippen LogP contribution < -0.4 is 10.1 Å². The van der Waals surface area contributed by atoms with Crippen LogP contribution in [-0.4, -0.2) is 38.7 Å². The van der Waals surface area contributed by atoms with Crippen molar-refractivity contribution in [1.82, 2.24) is 0 Å². The number of aryl methyl sites for hydroxylation is 1. The highest BCUT2D eigenvalue weighted by Crippen LogP contribution is 2.27. The lowest BCUT2D eigenvalue weighted by molar-refractivity contribution is -0.118. The van der Waals surface area contributed by atoms with Gasteiger partial charge in [-0.15, -0.1) is 0 Å². The Kier molecular flexibility index (Phi) is 7.36. The molecule has 0 saturated heterocycles. The normalized spacial score (nSPS) is 10.4. The van der Waals surface area contributed by atoms with Crippen molar-refractivity contribution in [3.05, 3.63) is 58.7 Å². The molecule has 7 nitrogen and oxygen atoms in total. The summed E-state index contributed by atoms with van der Waals surface area (Å²) in [6.45, 7) is 5.77. The van der Waals surface area contributed by atoms with Gasteiger partial charge in [0.2, 0.25) is 0 Å². The second kappa shape index (κ2) is 9.73. The molecule has 1 amide bonds. The van der Waals surface area contributed by atoms with Gasteiger partial charge in [-0.1, -0.05) is 26.0 Å². The minimum Gasteiger partial charge on any atom is -0.483 e. The highest BCUT2D eigenvalue weighted by molar-refractivity contribution is 6.03. The standard InChI is InChI=1S/C22H25NO6/c1-13(2)16-8-6-14(3)10-19(16)29-12-20(24)23-18-11-15(21(25)27-4)7-9-17(18)22(26)28-5/h6-11,13H,12H2,1-5H3,(H,23,24). The van der Waals surface area contributed by atoms with Crippen molar-refractivity contribution in [3.8, 4) is 5.75 Å². The van der Waals surface area contributed by atoms with Crippen LogP contribution in [0.3, 0.4) is 0 Å². The summed E-state index contributed by atoms with van der Waals surface area (Å²) in [5.41, 5.74) is 2.46. The van der Waals surface area contributed by atoms with E-state index in [1.54, 1.807) is 0 Å². The molecule has 0 aliphatic heterocycles. The van der Waals surface area contributed by atoms with E-state index in [-0.39, 0.29) is 29.3 Å². The number of esters is 2. The van der Waals surface area contributed by atoms with Gasteiger partial charge in [0.1, 0.15) is 5.75 Å². The van der Waals surface area contributed by atoms with E-state index in [9.17, 15) is 14.4 Å². The number of carbonyl (C=O) groups is 3. The Morgan fingerprint density at radius 3 is 2.28 bits per heavy atom. The first-order valence-corrected chi connectivity index (χ1v) is 9.10. The Hall–Kier alpha value is -3.35. The van der Waals surface area contributed by atoms with Gasteiger partial charge in [0, 0.05) is 0 Å². The number of methoxy groups -OCH3 is 2. The van der Waals surface area contributed by atoms with Gasteiger partial charge in [-0.3, -0.25) is 4.79 Å². The fourth-order valence-corrected chi connectivity index (χ4v) is 2.75. The number of amides is 1. The van der Waals surface area contributed by atoms with Crippen molar-refractivity contribution >= 4 is 23.5 Å². The quantitative estimate of drug-likeness (QED) is 0.714. The Bertz CT molecular complexity index is 920. The summed E-state index contributed by atoms with van der Waals surface area (Å²) in [5.74, 6) is -0.843. The van der Waals surface area contributed by atoms with Gasteiger partial charge in [-0.25, -0.2) is 9.59 Å². The van der Waals surface area contributed by atoms with Crippen molar-refractivity contribution < 1.29 is 28.6 Å². The molecule has 0 fully saturated rings. The fraction of sp³-hybridized carbons (Fsp3) is 0.318. The molecule has 0 unspecified atom stereocenters. The number of carbonyl (C=O) groups excluding carboxylic acids is 3. The molecular weight excluding hydrogens is 374 g/mol. The topological polar surface area (TPSA) is 90.9 Å². The van der Waals surface area contributed by atoms with Crippen LogP contribution in [0.5, 0.6) is 5.75 Å². The number of rotatable bonds is 7. The van der Waals surface area contributed by atoms with Gasteiger partial charge in [0.25, 0.3) is 5.91 Å². The first-order valence-electron chi connectivity index (χ1n) is 9.10. The van der Waals surface area contributed by atoms with Crippen molar-refractivity contribution in [3.63, 3.8) is 0 Å². The zero-order chi connectivity index (χ0) is 21.6. The van der Waals surface area contributed by atoms with E-state index >= 15 is 0 Å². The van der Waals surface area contributed by atoms with Crippen molar-refractivity contribution in [2.24, 2.45) is 0 Å². The van der Waals surface area contributed by atoms with Gasteiger partial charge in [0.15, 0.2) is 6.61 Å². The molecule has 2 aromatic carbocycles. The van der Waals surface area contributed by atoms with Crippen LogP contribution in [-0.2, 0) is 14.3 Å².